The molecule has 1 unspecified atom stereocenters. The second-order valence-corrected chi connectivity index (χ2v) is 6.87. The van der Waals surface area contributed by atoms with E-state index in [-0.39, 0.29) is 5.56 Å². The normalized spacial score (nSPS) is 20.9. The van der Waals surface area contributed by atoms with Gasteiger partial charge in [-0.2, -0.15) is 0 Å². The van der Waals surface area contributed by atoms with E-state index >= 15 is 0 Å². The fourth-order valence-corrected chi connectivity index (χ4v) is 3.92. The zero-order valence-corrected chi connectivity index (χ0v) is 14.5. The molecule has 1 aromatic heterocycles. The van der Waals surface area contributed by atoms with Crippen molar-refractivity contribution in [1.82, 2.24) is 4.98 Å². The summed E-state index contributed by atoms with van der Waals surface area (Å²) < 4.78 is 5.43. The summed E-state index contributed by atoms with van der Waals surface area (Å²) in [5.41, 5.74) is 2.34. The van der Waals surface area contributed by atoms with Gasteiger partial charge in [0.25, 0.3) is 5.56 Å². The summed E-state index contributed by atoms with van der Waals surface area (Å²) in [7, 11) is 0. The molecule has 0 aliphatic carbocycles. The number of aromatic nitrogens is 1. The Bertz CT molecular complexity index is 753. The molecule has 2 fully saturated rings. The summed E-state index contributed by atoms with van der Waals surface area (Å²) in [6.45, 7) is 4.14. The standard InChI is InChI=1S/C20H25N3O2/c24-20-15-18(22-9-11-25-12-10-22)14-19(21-20)23-8-4-7-17(23)13-16-5-2-1-3-6-16/h1-3,5-6,14-15,17H,4,7-13H2,(H,21,24). The number of H-pyrrole nitrogens is 1. The van der Waals surface area contributed by atoms with Gasteiger partial charge in [0.05, 0.1) is 13.2 Å². The number of aromatic amines is 1. The number of ether oxygens (including phenoxy) is 1. The number of hydrogen-bond acceptors (Lipinski definition) is 4. The fraction of sp³-hybridized carbons (Fsp3) is 0.450. The SMILES string of the molecule is O=c1cc(N2CCOCC2)cc(N2CCCC2Cc2ccccc2)[nH]1. The van der Waals surface area contributed by atoms with E-state index in [9.17, 15) is 4.79 Å². The van der Waals surface area contributed by atoms with Crippen LogP contribution >= 0.6 is 0 Å². The second kappa shape index (κ2) is 7.31. The Morgan fingerprint density at radius 3 is 2.68 bits per heavy atom. The Kier molecular flexibility index (Phi) is 4.74. The van der Waals surface area contributed by atoms with Crippen molar-refractivity contribution in [3.05, 3.63) is 58.4 Å². The number of rotatable bonds is 4. The lowest BCUT2D eigenvalue weighted by Gasteiger charge is -2.31. The molecule has 2 aromatic rings. The van der Waals surface area contributed by atoms with Crippen LogP contribution in [0.15, 0.2) is 47.3 Å². The Morgan fingerprint density at radius 1 is 1.08 bits per heavy atom. The van der Waals surface area contributed by atoms with Gasteiger partial charge in [0, 0.05) is 43.5 Å². The molecule has 0 spiro atoms. The highest BCUT2D eigenvalue weighted by molar-refractivity contribution is 5.56. The highest BCUT2D eigenvalue weighted by atomic mass is 16.5. The van der Waals surface area contributed by atoms with Crippen LogP contribution in [0.25, 0.3) is 0 Å². The molecule has 132 valence electrons. The quantitative estimate of drug-likeness (QED) is 0.929. The monoisotopic (exact) mass is 339 g/mol. The average Bonchev–Trinajstić information content (AvgIpc) is 3.11. The van der Waals surface area contributed by atoms with Crippen LogP contribution in [0.3, 0.4) is 0 Å². The first kappa shape index (κ1) is 16.2. The zero-order valence-electron chi connectivity index (χ0n) is 14.5. The van der Waals surface area contributed by atoms with E-state index in [1.807, 2.05) is 0 Å². The van der Waals surface area contributed by atoms with E-state index in [1.54, 1.807) is 6.07 Å². The molecule has 4 rings (SSSR count). The lowest BCUT2D eigenvalue weighted by atomic mass is 10.0. The summed E-state index contributed by atoms with van der Waals surface area (Å²) in [6, 6.07) is 14.9. The van der Waals surface area contributed by atoms with Crippen LogP contribution in [0.1, 0.15) is 18.4 Å². The van der Waals surface area contributed by atoms with E-state index in [2.05, 4.69) is 51.2 Å². The third-order valence-electron chi connectivity index (χ3n) is 5.19. The first-order valence-electron chi connectivity index (χ1n) is 9.17. The lowest BCUT2D eigenvalue weighted by Crippen LogP contribution is -2.37. The summed E-state index contributed by atoms with van der Waals surface area (Å²) >= 11 is 0. The number of pyridine rings is 1. The molecule has 0 amide bonds. The van der Waals surface area contributed by atoms with E-state index in [1.165, 1.54) is 18.4 Å². The minimum absolute atomic E-state index is 0.0237. The molecule has 1 aromatic carbocycles. The van der Waals surface area contributed by atoms with Crippen molar-refractivity contribution in [2.45, 2.75) is 25.3 Å². The summed E-state index contributed by atoms with van der Waals surface area (Å²) in [5.74, 6) is 0.951. The summed E-state index contributed by atoms with van der Waals surface area (Å²) in [5, 5.41) is 0. The maximum absolute atomic E-state index is 12.2. The second-order valence-electron chi connectivity index (χ2n) is 6.87. The van der Waals surface area contributed by atoms with Crippen molar-refractivity contribution in [3.8, 4) is 0 Å². The number of hydrogen-bond donors (Lipinski definition) is 1. The van der Waals surface area contributed by atoms with Crippen molar-refractivity contribution < 1.29 is 4.74 Å². The highest BCUT2D eigenvalue weighted by Gasteiger charge is 2.26. The predicted octanol–water partition coefficient (Wildman–Crippen LogP) is 2.42. The van der Waals surface area contributed by atoms with E-state index in [4.69, 9.17) is 4.74 Å². The molecule has 2 aliphatic heterocycles. The number of morpholine rings is 1. The van der Waals surface area contributed by atoms with E-state index < -0.39 is 0 Å². The lowest BCUT2D eigenvalue weighted by molar-refractivity contribution is 0.122. The Morgan fingerprint density at radius 2 is 1.88 bits per heavy atom. The first-order chi connectivity index (χ1) is 12.3. The van der Waals surface area contributed by atoms with Gasteiger partial charge in [-0.05, 0) is 24.8 Å². The Hall–Kier alpha value is -2.27. The minimum atomic E-state index is -0.0237. The van der Waals surface area contributed by atoms with Crippen LogP contribution in [-0.4, -0.2) is 43.9 Å². The Balaban J connectivity index is 1.57. The molecule has 0 saturated carbocycles. The molecule has 2 saturated heterocycles. The molecule has 5 heteroatoms. The molecule has 0 bridgehead atoms. The number of nitrogens with zero attached hydrogens (tertiary/aromatic N) is 2. The number of anilines is 2. The molecule has 0 radical (unpaired) electrons. The fourth-order valence-electron chi connectivity index (χ4n) is 3.92. The Labute approximate surface area is 148 Å². The molecule has 5 nitrogen and oxygen atoms in total. The van der Waals surface area contributed by atoms with Crippen molar-refractivity contribution in [2.75, 3.05) is 42.6 Å². The van der Waals surface area contributed by atoms with Gasteiger partial charge < -0.3 is 19.5 Å². The molecule has 2 aliphatic rings. The van der Waals surface area contributed by atoms with Crippen LogP contribution < -0.4 is 15.4 Å². The van der Waals surface area contributed by atoms with E-state index in [0.29, 0.717) is 6.04 Å². The first-order valence-corrected chi connectivity index (χ1v) is 9.17. The smallest absolute Gasteiger partial charge is 0.251 e. The van der Waals surface area contributed by atoms with Crippen LogP contribution in [-0.2, 0) is 11.2 Å². The van der Waals surface area contributed by atoms with Gasteiger partial charge in [-0.3, -0.25) is 4.79 Å². The van der Waals surface area contributed by atoms with Crippen LogP contribution in [0.5, 0.6) is 0 Å². The molecular formula is C20H25N3O2. The predicted molar refractivity (Wildman–Crippen MR) is 101 cm³/mol. The van der Waals surface area contributed by atoms with Gasteiger partial charge in [-0.1, -0.05) is 30.3 Å². The zero-order chi connectivity index (χ0) is 17.1. The average molecular weight is 339 g/mol. The molecule has 25 heavy (non-hydrogen) atoms. The van der Waals surface area contributed by atoms with Gasteiger partial charge in [-0.15, -0.1) is 0 Å². The highest BCUT2D eigenvalue weighted by Crippen LogP contribution is 2.28. The van der Waals surface area contributed by atoms with Gasteiger partial charge >= 0.3 is 0 Å². The van der Waals surface area contributed by atoms with Gasteiger partial charge in [0.2, 0.25) is 0 Å². The molecule has 1 atom stereocenters. The summed E-state index contributed by atoms with van der Waals surface area (Å²) in [6.07, 6.45) is 3.35. The van der Waals surface area contributed by atoms with Crippen LogP contribution in [0.4, 0.5) is 11.5 Å². The van der Waals surface area contributed by atoms with Gasteiger partial charge in [0.15, 0.2) is 0 Å². The molecule has 1 N–H and O–H groups in total. The topological polar surface area (TPSA) is 48.6 Å². The van der Waals surface area contributed by atoms with Crippen molar-refractivity contribution in [2.24, 2.45) is 0 Å². The van der Waals surface area contributed by atoms with Gasteiger partial charge in [-0.25, -0.2) is 0 Å². The van der Waals surface area contributed by atoms with Crippen molar-refractivity contribution in [3.63, 3.8) is 0 Å². The van der Waals surface area contributed by atoms with Crippen LogP contribution in [0, 0.1) is 0 Å². The largest absolute Gasteiger partial charge is 0.378 e. The summed E-state index contributed by atoms with van der Waals surface area (Å²) in [4.78, 5) is 19.9. The van der Waals surface area contributed by atoms with Gasteiger partial charge in [0.1, 0.15) is 5.82 Å². The van der Waals surface area contributed by atoms with Crippen LogP contribution in [0.2, 0.25) is 0 Å². The molecule has 3 heterocycles. The maximum atomic E-state index is 12.2. The van der Waals surface area contributed by atoms with E-state index in [0.717, 1.165) is 50.8 Å². The number of nitrogens with one attached hydrogen (secondary N) is 1. The minimum Gasteiger partial charge on any atom is -0.378 e. The number of benzene rings is 1. The third-order valence-corrected chi connectivity index (χ3v) is 5.19. The van der Waals surface area contributed by atoms with Crippen molar-refractivity contribution in [1.29, 1.82) is 0 Å². The molecular weight excluding hydrogens is 314 g/mol. The maximum Gasteiger partial charge on any atom is 0.251 e. The van der Waals surface area contributed by atoms with Crippen molar-refractivity contribution >= 4 is 11.5 Å². The third kappa shape index (κ3) is 3.71.